The van der Waals surface area contributed by atoms with Gasteiger partial charge in [0.05, 0.1) is 33.3 Å². The molecule has 0 radical (unpaired) electrons. The van der Waals surface area contributed by atoms with Crippen molar-refractivity contribution in [2.24, 2.45) is 5.10 Å². The molecule has 0 aromatic heterocycles. The number of methoxy groups -OCH3 is 4. The Morgan fingerprint density at radius 2 is 1.38 bits per heavy atom. The molecule has 0 bridgehead atoms. The Morgan fingerprint density at radius 1 is 0.765 bits per heavy atom. The summed E-state index contributed by atoms with van der Waals surface area (Å²) in [6.45, 7) is 1.89. The molecule has 1 N–H and O–H groups in total. The molecule has 0 heterocycles. The van der Waals surface area contributed by atoms with Crippen molar-refractivity contribution in [1.29, 1.82) is 0 Å². The van der Waals surface area contributed by atoms with Crippen LogP contribution in [0.25, 0.3) is 0 Å². The van der Waals surface area contributed by atoms with E-state index in [1.807, 2.05) is 31.2 Å². The Balaban J connectivity index is 2.03. The van der Waals surface area contributed by atoms with Crippen LogP contribution in [0, 0.1) is 6.92 Å². The van der Waals surface area contributed by atoms with E-state index < -0.39 is 15.9 Å². The molecular formula is C25H28N2O6S. The van der Waals surface area contributed by atoms with Crippen molar-refractivity contribution in [3.63, 3.8) is 0 Å². The van der Waals surface area contributed by atoms with Crippen LogP contribution in [0.4, 0.5) is 0 Å². The van der Waals surface area contributed by atoms with Gasteiger partial charge in [0.2, 0.25) is 0 Å². The van der Waals surface area contributed by atoms with E-state index in [4.69, 9.17) is 18.9 Å². The lowest BCUT2D eigenvalue weighted by atomic mass is 9.91. The average Bonchev–Trinajstić information content (AvgIpc) is 2.86. The van der Waals surface area contributed by atoms with Gasteiger partial charge in [-0.3, -0.25) is 0 Å². The summed E-state index contributed by atoms with van der Waals surface area (Å²) in [7, 11) is 2.41. The molecule has 1 atom stereocenters. The first-order chi connectivity index (χ1) is 16.3. The minimum atomic E-state index is -3.83. The normalized spacial score (nSPS) is 12.3. The fourth-order valence-corrected chi connectivity index (χ4v) is 4.16. The predicted octanol–water partition coefficient (Wildman–Crippen LogP) is 4.13. The number of hydrazone groups is 1. The molecule has 3 rings (SSSR count). The van der Waals surface area contributed by atoms with Crippen LogP contribution in [0.1, 0.15) is 22.6 Å². The SMILES string of the molecule is COc1cc(OC)cc(C(C=NNS(=O)(=O)c2ccc(C)cc2)c2ccc(OC)c(OC)c2)c1. The van der Waals surface area contributed by atoms with Crippen LogP contribution in [-0.2, 0) is 10.0 Å². The van der Waals surface area contributed by atoms with E-state index in [0.29, 0.717) is 23.0 Å². The molecule has 0 fully saturated rings. The maximum absolute atomic E-state index is 12.7. The van der Waals surface area contributed by atoms with Crippen LogP contribution in [-0.4, -0.2) is 43.1 Å². The molecule has 0 aliphatic heterocycles. The summed E-state index contributed by atoms with van der Waals surface area (Å²) in [6, 6.07) is 17.4. The summed E-state index contributed by atoms with van der Waals surface area (Å²) in [5, 5.41) is 4.09. The van der Waals surface area contributed by atoms with Crippen molar-refractivity contribution in [3.8, 4) is 23.0 Å². The zero-order chi connectivity index (χ0) is 24.7. The number of ether oxygens (including phenoxy) is 4. The van der Waals surface area contributed by atoms with Crippen LogP contribution in [0.5, 0.6) is 23.0 Å². The molecule has 3 aromatic rings. The van der Waals surface area contributed by atoms with Crippen molar-refractivity contribution in [3.05, 3.63) is 77.4 Å². The topological polar surface area (TPSA) is 95.5 Å². The predicted molar refractivity (Wildman–Crippen MR) is 131 cm³/mol. The molecule has 0 saturated carbocycles. The highest BCUT2D eigenvalue weighted by Gasteiger charge is 2.18. The number of hydrogen-bond donors (Lipinski definition) is 1. The second kappa shape index (κ2) is 10.9. The molecule has 0 saturated heterocycles. The van der Waals surface area contributed by atoms with Gasteiger partial charge in [-0.15, -0.1) is 0 Å². The fourth-order valence-electron chi connectivity index (χ4n) is 3.36. The van der Waals surface area contributed by atoms with Crippen LogP contribution < -0.4 is 23.8 Å². The van der Waals surface area contributed by atoms with E-state index in [9.17, 15) is 8.42 Å². The second-order valence-electron chi connectivity index (χ2n) is 7.42. The van der Waals surface area contributed by atoms with Gasteiger partial charge in [0.25, 0.3) is 10.0 Å². The molecule has 0 aliphatic carbocycles. The third kappa shape index (κ3) is 5.79. The van der Waals surface area contributed by atoms with E-state index in [1.165, 1.54) is 18.3 Å². The molecule has 0 spiro atoms. The molecular weight excluding hydrogens is 456 g/mol. The number of rotatable bonds is 10. The van der Waals surface area contributed by atoms with Crippen molar-refractivity contribution < 1.29 is 27.4 Å². The highest BCUT2D eigenvalue weighted by Crippen LogP contribution is 2.35. The molecule has 0 aliphatic rings. The van der Waals surface area contributed by atoms with E-state index in [0.717, 1.165) is 16.7 Å². The van der Waals surface area contributed by atoms with Crippen molar-refractivity contribution in [1.82, 2.24) is 4.83 Å². The number of aryl methyl sites for hydroxylation is 1. The van der Waals surface area contributed by atoms with Gasteiger partial charge in [0.15, 0.2) is 11.5 Å². The fraction of sp³-hybridized carbons (Fsp3) is 0.240. The molecule has 9 heteroatoms. The Bertz CT molecular complexity index is 1230. The molecule has 180 valence electrons. The number of hydrogen-bond acceptors (Lipinski definition) is 7. The zero-order valence-electron chi connectivity index (χ0n) is 19.7. The maximum atomic E-state index is 12.7. The second-order valence-corrected chi connectivity index (χ2v) is 9.08. The summed E-state index contributed by atoms with van der Waals surface area (Å²) in [5.74, 6) is 1.84. The van der Waals surface area contributed by atoms with Crippen LogP contribution in [0.2, 0.25) is 0 Å². The van der Waals surface area contributed by atoms with Gasteiger partial charge in [0, 0.05) is 18.2 Å². The van der Waals surface area contributed by atoms with Gasteiger partial charge in [-0.2, -0.15) is 13.5 Å². The highest BCUT2D eigenvalue weighted by molar-refractivity contribution is 7.89. The lowest BCUT2D eigenvalue weighted by Gasteiger charge is -2.18. The number of nitrogens with zero attached hydrogens (tertiary/aromatic N) is 1. The van der Waals surface area contributed by atoms with Crippen LogP contribution in [0.15, 0.2) is 70.7 Å². The minimum absolute atomic E-state index is 0.126. The van der Waals surface area contributed by atoms with Gasteiger partial charge in [-0.1, -0.05) is 23.8 Å². The van der Waals surface area contributed by atoms with Gasteiger partial charge in [-0.05, 0) is 54.4 Å². The summed E-state index contributed by atoms with van der Waals surface area (Å²) in [5.41, 5.74) is 2.54. The smallest absolute Gasteiger partial charge is 0.276 e. The third-order valence-corrected chi connectivity index (χ3v) is 6.47. The summed E-state index contributed by atoms with van der Waals surface area (Å²) in [6.07, 6.45) is 1.52. The molecule has 1 unspecified atom stereocenters. The van der Waals surface area contributed by atoms with E-state index in [-0.39, 0.29) is 4.90 Å². The summed E-state index contributed by atoms with van der Waals surface area (Å²) < 4.78 is 47.0. The Hall–Kier alpha value is -3.72. The Labute approximate surface area is 200 Å². The van der Waals surface area contributed by atoms with E-state index in [1.54, 1.807) is 52.7 Å². The molecule has 3 aromatic carbocycles. The average molecular weight is 485 g/mol. The monoisotopic (exact) mass is 484 g/mol. The summed E-state index contributed by atoms with van der Waals surface area (Å²) >= 11 is 0. The van der Waals surface area contributed by atoms with Gasteiger partial charge >= 0.3 is 0 Å². The standard InChI is InChI=1S/C25H28N2O6S/c1-17-6-9-22(10-7-17)34(28,29)27-26-16-23(18-8-11-24(32-4)25(14-18)33-5)19-12-20(30-2)15-21(13-19)31-3/h6-16,23,27H,1-5H3. The first kappa shape index (κ1) is 24.9. The maximum Gasteiger partial charge on any atom is 0.276 e. The Morgan fingerprint density at radius 3 is 1.94 bits per heavy atom. The zero-order valence-corrected chi connectivity index (χ0v) is 20.5. The molecule has 34 heavy (non-hydrogen) atoms. The van der Waals surface area contributed by atoms with Crippen molar-refractivity contribution in [2.75, 3.05) is 28.4 Å². The van der Waals surface area contributed by atoms with Gasteiger partial charge < -0.3 is 18.9 Å². The summed E-state index contributed by atoms with van der Waals surface area (Å²) in [4.78, 5) is 2.42. The number of nitrogens with one attached hydrogen (secondary N) is 1. The first-order valence-electron chi connectivity index (χ1n) is 10.4. The largest absolute Gasteiger partial charge is 0.497 e. The molecule has 8 nitrogen and oxygen atoms in total. The van der Waals surface area contributed by atoms with Crippen molar-refractivity contribution in [2.45, 2.75) is 17.7 Å². The minimum Gasteiger partial charge on any atom is -0.497 e. The van der Waals surface area contributed by atoms with Crippen molar-refractivity contribution >= 4 is 16.2 Å². The van der Waals surface area contributed by atoms with Gasteiger partial charge in [-0.25, -0.2) is 4.83 Å². The van der Waals surface area contributed by atoms with Crippen LogP contribution >= 0.6 is 0 Å². The lowest BCUT2D eigenvalue weighted by Crippen LogP contribution is -2.19. The number of sulfonamides is 1. The molecule has 0 amide bonds. The quantitative estimate of drug-likeness (QED) is 0.344. The highest BCUT2D eigenvalue weighted by atomic mass is 32.2. The third-order valence-electron chi connectivity index (χ3n) is 5.23. The van der Waals surface area contributed by atoms with Crippen LogP contribution in [0.3, 0.4) is 0 Å². The van der Waals surface area contributed by atoms with E-state index >= 15 is 0 Å². The first-order valence-corrected chi connectivity index (χ1v) is 11.9. The van der Waals surface area contributed by atoms with Gasteiger partial charge in [0.1, 0.15) is 11.5 Å². The number of benzene rings is 3. The lowest BCUT2D eigenvalue weighted by molar-refractivity contribution is 0.354. The Kier molecular flexibility index (Phi) is 8.01. The van der Waals surface area contributed by atoms with E-state index in [2.05, 4.69) is 9.93 Å².